The van der Waals surface area contributed by atoms with E-state index < -0.39 is 5.91 Å². The molecule has 1 aromatic carbocycles. The van der Waals surface area contributed by atoms with E-state index in [0.717, 1.165) is 47.4 Å². The van der Waals surface area contributed by atoms with Crippen LogP contribution >= 0.6 is 11.3 Å². The van der Waals surface area contributed by atoms with Gasteiger partial charge in [-0.1, -0.05) is 30.3 Å². The first-order valence-corrected chi connectivity index (χ1v) is 10.6. The summed E-state index contributed by atoms with van der Waals surface area (Å²) in [5.41, 5.74) is 10.3. The monoisotopic (exact) mass is 408 g/mol. The third-order valence-corrected chi connectivity index (χ3v) is 6.64. The van der Waals surface area contributed by atoms with Gasteiger partial charge >= 0.3 is 0 Å². The third-order valence-electron chi connectivity index (χ3n) is 5.43. The molecule has 0 aliphatic heterocycles. The Morgan fingerprint density at radius 3 is 2.59 bits per heavy atom. The molecule has 1 aliphatic carbocycles. The van der Waals surface area contributed by atoms with Gasteiger partial charge in [0.2, 0.25) is 0 Å². The van der Waals surface area contributed by atoms with Crippen LogP contribution in [0, 0.1) is 13.8 Å². The lowest BCUT2D eigenvalue weighted by atomic mass is 9.95. The number of benzene rings is 1. The number of rotatable bonds is 5. The molecule has 3 N–H and O–H groups in total. The van der Waals surface area contributed by atoms with Crippen LogP contribution in [0.4, 0.5) is 5.00 Å². The molecule has 2 aromatic heterocycles. The Balaban J connectivity index is 1.63. The minimum Gasteiger partial charge on any atom is -0.365 e. The van der Waals surface area contributed by atoms with Crippen molar-refractivity contribution >= 4 is 28.2 Å². The van der Waals surface area contributed by atoms with E-state index in [4.69, 9.17) is 5.73 Å². The summed E-state index contributed by atoms with van der Waals surface area (Å²) in [7, 11) is 0. The SMILES string of the molecule is Cc1nn(Cc2ccccc2)c(C)c1C(=O)Nc1sc2c(c1C(N)=O)CCCC2. The summed E-state index contributed by atoms with van der Waals surface area (Å²) in [6, 6.07) is 10.0. The zero-order valence-electron chi connectivity index (χ0n) is 16.6. The smallest absolute Gasteiger partial charge is 0.260 e. The van der Waals surface area contributed by atoms with Gasteiger partial charge in [0.1, 0.15) is 5.00 Å². The van der Waals surface area contributed by atoms with Gasteiger partial charge in [-0.2, -0.15) is 5.10 Å². The van der Waals surface area contributed by atoms with Crippen molar-refractivity contribution < 1.29 is 9.59 Å². The Labute approximate surface area is 173 Å². The van der Waals surface area contributed by atoms with Crippen LogP contribution in [0.25, 0.3) is 0 Å². The number of nitrogens with zero attached hydrogens (tertiary/aromatic N) is 2. The highest BCUT2D eigenvalue weighted by molar-refractivity contribution is 7.17. The average Bonchev–Trinajstić information content (AvgIpc) is 3.19. The van der Waals surface area contributed by atoms with Crippen molar-refractivity contribution in [3.05, 3.63) is 68.9 Å². The Kier molecular flexibility index (Phi) is 5.24. The minimum absolute atomic E-state index is 0.250. The van der Waals surface area contributed by atoms with Gasteiger partial charge in [-0.3, -0.25) is 14.3 Å². The lowest BCUT2D eigenvalue weighted by molar-refractivity contribution is 0.100. The Hall–Kier alpha value is -2.93. The van der Waals surface area contributed by atoms with E-state index in [1.54, 1.807) is 0 Å². The molecule has 7 heteroatoms. The van der Waals surface area contributed by atoms with Gasteiger partial charge < -0.3 is 11.1 Å². The van der Waals surface area contributed by atoms with Gasteiger partial charge in [0.15, 0.2) is 0 Å². The van der Waals surface area contributed by atoms with Crippen LogP contribution in [-0.2, 0) is 19.4 Å². The van der Waals surface area contributed by atoms with Crippen molar-refractivity contribution in [3.8, 4) is 0 Å². The third kappa shape index (κ3) is 3.70. The van der Waals surface area contributed by atoms with Crippen molar-refractivity contribution in [2.45, 2.75) is 46.1 Å². The molecular weight excluding hydrogens is 384 g/mol. The normalized spacial score (nSPS) is 13.2. The number of amides is 2. The summed E-state index contributed by atoms with van der Waals surface area (Å²) in [6.45, 7) is 4.32. The molecule has 0 saturated heterocycles. The summed E-state index contributed by atoms with van der Waals surface area (Å²) in [5.74, 6) is -0.728. The van der Waals surface area contributed by atoms with Crippen LogP contribution in [0.3, 0.4) is 0 Å². The van der Waals surface area contributed by atoms with Crippen LogP contribution < -0.4 is 11.1 Å². The quantitative estimate of drug-likeness (QED) is 0.672. The fourth-order valence-electron chi connectivity index (χ4n) is 4.02. The molecule has 6 nitrogen and oxygen atoms in total. The second-order valence-electron chi connectivity index (χ2n) is 7.42. The average molecular weight is 409 g/mol. The zero-order valence-corrected chi connectivity index (χ0v) is 17.4. The van der Waals surface area contributed by atoms with Gasteiger partial charge in [0.25, 0.3) is 11.8 Å². The molecule has 0 saturated carbocycles. The van der Waals surface area contributed by atoms with Gasteiger partial charge in [-0.25, -0.2) is 0 Å². The molecule has 0 radical (unpaired) electrons. The van der Waals surface area contributed by atoms with Gasteiger partial charge in [0.05, 0.1) is 23.4 Å². The molecule has 0 spiro atoms. The number of aryl methyl sites for hydroxylation is 2. The van der Waals surface area contributed by atoms with E-state index >= 15 is 0 Å². The van der Waals surface area contributed by atoms with Crippen LogP contribution in [0.15, 0.2) is 30.3 Å². The summed E-state index contributed by atoms with van der Waals surface area (Å²) in [4.78, 5) is 26.3. The first kappa shape index (κ1) is 19.4. The Bertz CT molecular complexity index is 1080. The number of nitrogens with two attached hydrogens (primary N) is 1. The highest BCUT2D eigenvalue weighted by atomic mass is 32.1. The summed E-state index contributed by atoms with van der Waals surface area (Å²) in [6.07, 6.45) is 3.92. The standard InChI is InChI=1S/C22H24N4O2S/c1-13-18(14(2)26(25-13)12-15-8-4-3-5-9-15)21(28)24-22-19(20(23)27)16-10-6-7-11-17(16)29-22/h3-5,8-9H,6-7,10-12H2,1-2H3,(H2,23,27)(H,24,28). The first-order valence-electron chi connectivity index (χ1n) is 9.79. The molecule has 29 heavy (non-hydrogen) atoms. The predicted molar refractivity (Wildman–Crippen MR) is 115 cm³/mol. The van der Waals surface area contributed by atoms with Crippen molar-refractivity contribution in [3.63, 3.8) is 0 Å². The summed E-state index contributed by atoms with van der Waals surface area (Å²) in [5, 5.41) is 8.07. The lowest BCUT2D eigenvalue weighted by Gasteiger charge is -2.11. The molecule has 0 fully saturated rings. The molecule has 150 valence electrons. The maximum atomic E-state index is 13.1. The molecular formula is C22H24N4O2S. The van der Waals surface area contributed by atoms with Crippen LogP contribution in [0.2, 0.25) is 0 Å². The number of primary amides is 1. The molecule has 0 unspecified atom stereocenters. The van der Waals surface area contributed by atoms with Gasteiger partial charge in [-0.15, -0.1) is 11.3 Å². The van der Waals surface area contributed by atoms with E-state index in [2.05, 4.69) is 10.4 Å². The largest absolute Gasteiger partial charge is 0.365 e. The first-order chi connectivity index (χ1) is 14.0. The van der Waals surface area contributed by atoms with Gasteiger partial charge in [-0.05, 0) is 50.7 Å². The maximum Gasteiger partial charge on any atom is 0.260 e. The lowest BCUT2D eigenvalue weighted by Crippen LogP contribution is -2.19. The second-order valence-corrected chi connectivity index (χ2v) is 8.53. The molecule has 0 atom stereocenters. The van der Waals surface area contributed by atoms with Crippen molar-refractivity contribution in [2.75, 3.05) is 5.32 Å². The molecule has 2 heterocycles. The van der Waals surface area contributed by atoms with Crippen LogP contribution in [0.5, 0.6) is 0 Å². The molecule has 3 aromatic rings. The highest BCUT2D eigenvalue weighted by Gasteiger charge is 2.27. The van der Waals surface area contributed by atoms with E-state index in [0.29, 0.717) is 28.4 Å². The minimum atomic E-state index is -0.479. The fraction of sp³-hybridized carbons (Fsp3) is 0.318. The number of anilines is 1. The number of thiophene rings is 1. The molecule has 2 amide bonds. The molecule has 0 bridgehead atoms. The molecule has 1 aliphatic rings. The number of hydrogen-bond acceptors (Lipinski definition) is 4. The van der Waals surface area contributed by atoms with E-state index in [1.807, 2.05) is 48.9 Å². The van der Waals surface area contributed by atoms with E-state index in [1.165, 1.54) is 11.3 Å². The van der Waals surface area contributed by atoms with Crippen molar-refractivity contribution in [1.82, 2.24) is 9.78 Å². The van der Waals surface area contributed by atoms with Crippen molar-refractivity contribution in [1.29, 1.82) is 0 Å². The fourth-order valence-corrected chi connectivity index (χ4v) is 5.31. The van der Waals surface area contributed by atoms with Crippen LogP contribution in [-0.4, -0.2) is 21.6 Å². The number of nitrogens with one attached hydrogen (secondary N) is 1. The molecule has 4 rings (SSSR count). The van der Waals surface area contributed by atoms with E-state index in [9.17, 15) is 9.59 Å². The topological polar surface area (TPSA) is 90.0 Å². The summed E-state index contributed by atoms with van der Waals surface area (Å²) >= 11 is 1.47. The Morgan fingerprint density at radius 1 is 1.14 bits per heavy atom. The summed E-state index contributed by atoms with van der Waals surface area (Å²) < 4.78 is 1.84. The van der Waals surface area contributed by atoms with Crippen molar-refractivity contribution in [2.24, 2.45) is 5.73 Å². The van der Waals surface area contributed by atoms with E-state index in [-0.39, 0.29) is 5.91 Å². The number of fused-ring (bicyclic) bond motifs is 1. The predicted octanol–water partition coefficient (Wildman–Crippen LogP) is 3.84. The number of hydrogen-bond donors (Lipinski definition) is 2. The van der Waals surface area contributed by atoms with Gasteiger partial charge in [0, 0.05) is 10.6 Å². The number of aromatic nitrogens is 2. The number of carbonyl (C=O) groups excluding carboxylic acids is 2. The zero-order chi connectivity index (χ0) is 20.5. The number of carbonyl (C=O) groups is 2. The second kappa shape index (κ2) is 7.83. The maximum absolute atomic E-state index is 13.1. The van der Waals surface area contributed by atoms with Crippen LogP contribution in [0.1, 0.15) is 60.9 Å². The Morgan fingerprint density at radius 2 is 1.86 bits per heavy atom. The highest BCUT2D eigenvalue weighted by Crippen LogP contribution is 2.38.